The molecule has 0 aromatic heterocycles. The molecule has 3 rings (SSSR count). The molecule has 3 heteroatoms. The number of halogens is 2. The number of benzene rings is 1. The van der Waals surface area contributed by atoms with Crippen molar-refractivity contribution in [1.82, 2.24) is 0 Å². The maximum atomic E-state index is 13.2. The lowest BCUT2D eigenvalue weighted by Gasteiger charge is -2.37. The Balaban J connectivity index is 1.36. The van der Waals surface area contributed by atoms with Crippen LogP contribution in [-0.4, -0.2) is 6.61 Å². The van der Waals surface area contributed by atoms with Crippen molar-refractivity contribution in [3.8, 4) is 5.75 Å². The minimum absolute atomic E-state index is 0.441. The molecule has 0 radical (unpaired) electrons. The van der Waals surface area contributed by atoms with Crippen LogP contribution >= 0.6 is 0 Å². The monoisotopic (exact) mass is 364 g/mol. The van der Waals surface area contributed by atoms with E-state index in [-0.39, 0.29) is 0 Å². The van der Waals surface area contributed by atoms with Crippen molar-refractivity contribution in [2.24, 2.45) is 23.7 Å². The molecule has 0 spiro atoms. The Kier molecular flexibility index (Phi) is 7.33. The second-order valence-electron chi connectivity index (χ2n) is 8.59. The van der Waals surface area contributed by atoms with E-state index in [1.165, 1.54) is 76.7 Å². The van der Waals surface area contributed by atoms with Gasteiger partial charge in [0.15, 0.2) is 11.6 Å². The molecule has 0 N–H and O–H groups in total. The molecule has 1 aromatic rings. The van der Waals surface area contributed by atoms with Crippen LogP contribution < -0.4 is 4.74 Å². The van der Waals surface area contributed by atoms with Gasteiger partial charge < -0.3 is 4.74 Å². The van der Waals surface area contributed by atoms with E-state index in [2.05, 4.69) is 6.92 Å². The number of ether oxygens (including phenoxy) is 1. The van der Waals surface area contributed by atoms with E-state index in [0.717, 1.165) is 29.9 Å². The molecule has 0 bridgehead atoms. The van der Waals surface area contributed by atoms with Gasteiger partial charge in [-0.15, -0.1) is 0 Å². The highest BCUT2D eigenvalue weighted by atomic mass is 19.2. The summed E-state index contributed by atoms with van der Waals surface area (Å²) in [4.78, 5) is 0. The molecule has 2 aliphatic carbocycles. The molecule has 0 saturated heterocycles. The lowest BCUT2D eigenvalue weighted by Crippen LogP contribution is -2.27. The molecule has 0 atom stereocenters. The van der Waals surface area contributed by atoms with Crippen molar-refractivity contribution >= 4 is 0 Å². The van der Waals surface area contributed by atoms with Crippen LogP contribution in [0.5, 0.6) is 5.75 Å². The molecule has 2 aliphatic rings. The normalized spacial score (nSPS) is 29.5. The van der Waals surface area contributed by atoms with Crippen molar-refractivity contribution in [1.29, 1.82) is 0 Å². The quantitative estimate of drug-likeness (QED) is 0.499. The van der Waals surface area contributed by atoms with Gasteiger partial charge in [0, 0.05) is 6.07 Å². The first-order valence-electron chi connectivity index (χ1n) is 10.7. The SMILES string of the molecule is CCCC[C@H]1CC[C@H](C2CCC(COc3ccc(F)c(F)c3)CC2)CC1. The summed E-state index contributed by atoms with van der Waals surface area (Å²) in [5.74, 6) is 2.19. The summed E-state index contributed by atoms with van der Waals surface area (Å²) in [5.41, 5.74) is 0. The fourth-order valence-electron chi connectivity index (χ4n) is 5.05. The van der Waals surface area contributed by atoms with E-state index in [0.29, 0.717) is 18.3 Å². The molecule has 0 amide bonds. The summed E-state index contributed by atoms with van der Waals surface area (Å²) >= 11 is 0. The van der Waals surface area contributed by atoms with Gasteiger partial charge in [0.2, 0.25) is 0 Å². The molecule has 2 fully saturated rings. The standard InChI is InChI=1S/C23H34F2O/c1-2-3-4-17-5-9-19(10-6-17)20-11-7-18(8-12-20)16-26-21-13-14-22(24)23(25)15-21/h13-15,17-20H,2-12,16H2,1H3/t17-,18?,19-,20?. The zero-order chi connectivity index (χ0) is 18.4. The van der Waals surface area contributed by atoms with Crippen molar-refractivity contribution < 1.29 is 13.5 Å². The maximum Gasteiger partial charge on any atom is 0.162 e. The third kappa shape index (κ3) is 5.44. The van der Waals surface area contributed by atoms with Gasteiger partial charge >= 0.3 is 0 Å². The molecular weight excluding hydrogens is 330 g/mol. The van der Waals surface area contributed by atoms with Gasteiger partial charge in [-0.05, 0) is 74.3 Å². The smallest absolute Gasteiger partial charge is 0.162 e. The van der Waals surface area contributed by atoms with Crippen LogP contribution in [-0.2, 0) is 0 Å². The van der Waals surface area contributed by atoms with Crippen LogP contribution in [0.2, 0.25) is 0 Å². The summed E-state index contributed by atoms with van der Waals surface area (Å²) in [6, 6.07) is 3.80. The van der Waals surface area contributed by atoms with E-state index < -0.39 is 11.6 Å². The third-order valence-electron chi connectivity index (χ3n) is 6.79. The fraction of sp³-hybridized carbons (Fsp3) is 0.739. The van der Waals surface area contributed by atoms with Gasteiger partial charge in [-0.25, -0.2) is 8.78 Å². The second kappa shape index (κ2) is 9.71. The first kappa shape index (κ1) is 19.6. The van der Waals surface area contributed by atoms with E-state index in [4.69, 9.17) is 4.74 Å². The minimum atomic E-state index is -0.833. The Bertz CT molecular complexity index is 543. The highest BCUT2D eigenvalue weighted by molar-refractivity contribution is 5.23. The number of hydrogen-bond acceptors (Lipinski definition) is 1. The Morgan fingerprint density at radius 3 is 2.04 bits per heavy atom. The van der Waals surface area contributed by atoms with E-state index in [1.54, 1.807) is 0 Å². The lowest BCUT2D eigenvalue weighted by atomic mass is 9.69. The van der Waals surface area contributed by atoms with Gasteiger partial charge in [-0.3, -0.25) is 0 Å². The van der Waals surface area contributed by atoms with Gasteiger partial charge in [0.1, 0.15) is 5.75 Å². The Morgan fingerprint density at radius 1 is 0.846 bits per heavy atom. The Morgan fingerprint density at radius 2 is 1.46 bits per heavy atom. The highest BCUT2D eigenvalue weighted by Crippen LogP contribution is 2.42. The largest absolute Gasteiger partial charge is 0.493 e. The van der Waals surface area contributed by atoms with Crippen molar-refractivity contribution in [3.05, 3.63) is 29.8 Å². The van der Waals surface area contributed by atoms with Crippen LogP contribution in [0.25, 0.3) is 0 Å². The summed E-state index contributed by atoms with van der Waals surface area (Å²) in [6.07, 6.45) is 15.0. The van der Waals surface area contributed by atoms with Gasteiger partial charge in [0.25, 0.3) is 0 Å². The zero-order valence-corrected chi connectivity index (χ0v) is 16.2. The van der Waals surface area contributed by atoms with E-state index in [9.17, 15) is 8.78 Å². The first-order valence-corrected chi connectivity index (χ1v) is 10.7. The molecule has 0 aliphatic heterocycles. The first-order chi connectivity index (χ1) is 12.7. The summed E-state index contributed by atoms with van der Waals surface area (Å²) in [6.45, 7) is 2.92. The predicted octanol–water partition coefficient (Wildman–Crippen LogP) is 7.15. The fourth-order valence-corrected chi connectivity index (χ4v) is 5.05. The van der Waals surface area contributed by atoms with Crippen LogP contribution in [0.3, 0.4) is 0 Å². The Hall–Kier alpha value is -1.12. The number of unbranched alkanes of at least 4 members (excludes halogenated alkanes) is 1. The number of rotatable bonds is 7. The molecule has 2 saturated carbocycles. The molecule has 26 heavy (non-hydrogen) atoms. The third-order valence-corrected chi connectivity index (χ3v) is 6.79. The van der Waals surface area contributed by atoms with Crippen LogP contribution in [0.15, 0.2) is 18.2 Å². The minimum Gasteiger partial charge on any atom is -0.493 e. The molecule has 0 unspecified atom stereocenters. The Labute approximate surface area is 157 Å². The highest BCUT2D eigenvalue weighted by Gasteiger charge is 2.30. The summed E-state index contributed by atoms with van der Waals surface area (Å²) < 4.78 is 31.9. The zero-order valence-electron chi connectivity index (χ0n) is 16.2. The van der Waals surface area contributed by atoms with Crippen LogP contribution in [0.1, 0.15) is 77.6 Å². The molecule has 146 valence electrons. The molecule has 0 heterocycles. The van der Waals surface area contributed by atoms with Crippen LogP contribution in [0, 0.1) is 35.3 Å². The lowest BCUT2D eigenvalue weighted by molar-refractivity contribution is 0.121. The molecular formula is C23H34F2O. The van der Waals surface area contributed by atoms with E-state index >= 15 is 0 Å². The molecule has 1 aromatic carbocycles. The maximum absolute atomic E-state index is 13.2. The number of hydrogen-bond donors (Lipinski definition) is 0. The summed E-state index contributed by atoms with van der Waals surface area (Å²) in [5, 5.41) is 0. The van der Waals surface area contributed by atoms with Gasteiger partial charge in [0.05, 0.1) is 6.61 Å². The van der Waals surface area contributed by atoms with Crippen molar-refractivity contribution in [2.45, 2.75) is 77.6 Å². The second-order valence-corrected chi connectivity index (χ2v) is 8.59. The predicted molar refractivity (Wildman–Crippen MR) is 102 cm³/mol. The average Bonchev–Trinajstić information content (AvgIpc) is 2.68. The van der Waals surface area contributed by atoms with E-state index in [1.807, 2.05) is 0 Å². The van der Waals surface area contributed by atoms with Crippen molar-refractivity contribution in [3.63, 3.8) is 0 Å². The van der Waals surface area contributed by atoms with Crippen molar-refractivity contribution in [2.75, 3.05) is 6.61 Å². The molecule has 1 nitrogen and oxygen atoms in total. The van der Waals surface area contributed by atoms with Crippen LogP contribution in [0.4, 0.5) is 8.78 Å². The van der Waals surface area contributed by atoms with Gasteiger partial charge in [-0.1, -0.05) is 39.0 Å². The summed E-state index contributed by atoms with van der Waals surface area (Å²) in [7, 11) is 0. The average molecular weight is 365 g/mol. The topological polar surface area (TPSA) is 9.23 Å². The van der Waals surface area contributed by atoms with Gasteiger partial charge in [-0.2, -0.15) is 0 Å².